The van der Waals surface area contributed by atoms with Gasteiger partial charge in [0.1, 0.15) is 5.75 Å². The number of carbonyl (C=O) groups is 1. The lowest BCUT2D eigenvalue weighted by Gasteiger charge is -2.09. The Kier molecular flexibility index (Phi) is 4.37. The van der Waals surface area contributed by atoms with Crippen LogP contribution in [-0.2, 0) is 11.0 Å². The van der Waals surface area contributed by atoms with Gasteiger partial charge in [0.2, 0.25) is 0 Å². The van der Waals surface area contributed by atoms with Crippen LogP contribution in [-0.4, -0.2) is 19.1 Å². The van der Waals surface area contributed by atoms with Crippen molar-refractivity contribution in [2.24, 2.45) is 0 Å². The zero-order chi connectivity index (χ0) is 12.9. The lowest BCUT2D eigenvalue weighted by Crippen LogP contribution is -2.28. The Bertz CT molecular complexity index is 391. The molecular formula is C11H12F3NO2. The number of halogens is 3. The molecule has 0 aliphatic rings. The molecule has 0 aliphatic heterocycles. The van der Waals surface area contributed by atoms with Crippen LogP contribution >= 0.6 is 0 Å². The van der Waals surface area contributed by atoms with E-state index in [1.807, 2.05) is 0 Å². The fourth-order valence-electron chi connectivity index (χ4n) is 1.16. The Morgan fingerprint density at radius 3 is 2.71 bits per heavy atom. The molecule has 0 aromatic heterocycles. The van der Waals surface area contributed by atoms with Crippen LogP contribution in [0.4, 0.5) is 13.2 Å². The quantitative estimate of drug-likeness (QED) is 0.885. The first-order valence-electron chi connectivity index (χ1n) is 5.00. The molecule has 0 spiro atoms. The van der Waals surface area contributed by atoms with E-state index in [4.69, 9.17) is 4.74 Å². The summed E-state index contributed by atoms with van der Waals surface area (Å²) in [5.74, 6) is -0.351. The molecule has 1 aromatic rings. The van der Waals surface area contributed by atoms with Gasteiger partial charge in [0.05, 0.1) is 5.56 Å². The van der Waals surface area contributed by atoms with Gasteiger partial charge in [0.15, 0.2) is 6.61 Å². The molecular weight excluding hydrogens is 235 g/mol. The Balaban J connectivity index is 2.64. The highest BCUT2D eigenvalue weighted by atomic mass is 19.4. The maximum absolute atomic E-state index is 12.4. The Hall–Kier alpha value is -1.72. The van der Waals surface area contributed by atoms with Crippen LogP contribution in [0.15, 0.2) is 24.3 Å². The van der Waals surface area contributed by atoms with E-state index >= 15 is 0 Å². The van der Waals surface area contributed by atoms with E-state index in [1.54, 1.807) is 6.92 Å². The highest BCUT2D eigenvalue weighted by Crippen LogP contribution is 2.31. The fourth-order valence-corrected chi connectivity index (χ4v) is 1.16. The molecule has 0 heterocycles. The molecule has 3 nitrogen and oxygen atoms in total. The highest BCUT2D eigenvalue weighted by molar-refractivity contribution is 5.77. The summed E-state index contributed by atoms with van der Waals surface area (Å²) in [6.45, 7) is 1.89. The maximum atomic E-state index is 12.4. The van der Waals surface area contributed by atoms with Gasteiger partial charge in [0.25, 0.3) is 5.91 Å². The number of ether oxygens (including phenoxy) is 1. The number of alkyl halides is 3. The summed E-state index contributed by atoms with van der Waals surface area (Å²) in [6.07, 6.45) is -4.41. The molecule has 1 rings (SSSR count). The van der Waals surface area contributed by atoms with Crippen molar-refractivity contribution >= 4 is 5.91 Å². The zero-order valence-corrected chi connectivity index (χ0v) is 9.17. The number of hydrogen-bond donors (Lipinski definition) is 1. The Morgan fingerprint density at radius 2 is 2.12 bits per heavy atom. The van der Waals surface area contributed by atoms with Crippen molar-refractivity contribution in [1.82, 2.24) is 5.32 Å². The van der Waals surface area contributed by atoms with Gasteiger partial charge in [-0.05, 0) is 25.1 Å². The largest absolute Gasteiger partial charge is 0.484 e. The molecule has 1 N–H and O–H groups in total. The number of likely N-dealkylation sites (N-methyl/N-ethyl adjacent to an activating group) is 1. The summed E-state index contributed by atoms with van der Waals surface area (Å²) in [7, 11) is 0. The van der Waals surface area contributed by atoms with Gasteiger partial charge < -0.3 is 10.1 Å². The van der Waals surface area contributed by atoms with Crippen molar-refractivity contribution in [3.05, 3.63) is 29.8 Å². The van der Waals surface area contributed by atoms with Crippen LogP contribution in [0.2, 0.25) is 0 Å². The molecule has 0 atom stereocenters. The second kappa shape index (κ2) is 5.56. The number of amides is 1. The number of hydrogen-bond acceptors (Lipinski definition) is 2. The van der Waals surface area contributed by atoms with E-state index in [9.17, 15) is 18.0 Å². The van der Waals surface area contributed by atoms with Gasteiger partial charge in [-0.2, -0.15) is 13.2 Å². The summed E-state index contributed by atoms with van der Waals surface area (Å²) in [5.41, 5.74) is -0.800. The van der Waals surface area contributed by atoms with Crippen molar-refractivity contribution < 1.29 is 22.7 Å². The lowest BCUT2D eigenvalue weighted by molar-refractivity contribution is -0.137. The molecule has 0 saturated carbocycles. The van der Waals surface area contributed by atoms with Crippen LogP contribution in [0.25, 0.3) is 0 Å². The summed E-state index contributed by atoms with van der Waals surface area (Å²) in [6, 6.07) is 4.41. The van der Waals surface area contributed by atoms with Crippen LogP contribution in [0.5, 0.6) is 5.75 Å². The van der Waals surface area contributed by atoms with E-state index < -0.39 is 11.7 Å². The van der Waals surface area contributed by atoms with Gasteiger partial charge in [0, 0.05) is 6.54 Å². The Labute approximate surface area is 96.6 Å². The third-order valence-corrected chi connectivity index (χ3v) is 1.91. The topological polar surface area (TPSA) is 38.3 Å². The van der Waals surface area contributed by atoms with Gasteiger partial charge >= 0.3 is 6.18 Å². The molecule has 0 aliphatic carbocycles. The summed E-state index contributed by atoms with van der Waals surface area (Å²) >= 11 is 0. The van der Waals surface area contributed by atoms with Crippen molar-refractivity contribution in [2.45, 2.75) is 13.1 Å². The van der Waals surface area contributed by atoms with Gasteiger partial charge in [-0.3, -0.25) is 4.79 Å². The molecule has 0 fully saturated rings. The van der Waals surface area contributed by atoms with E-state index in [-0.39, 0.29) is 18.3 Å². The molecule has 6 heteroatoms. The minimum atomic E-state index is -4.41. The summed E-state index contributed by atoms with van der Waals surface area (Å²) in [5, 5.41) is 2.47. The van der Waals surface area contributed by atoms with E-state index in [2.05, 4.69) is 5.32 Å². The second-order valence-electron chi connectivity index (χ2n) is 3.27. The zero-order valence-electron chi connectivity index (χ0n) is 9.17. The minimum absolute atomic E-state index is 0.0195. The number of carbonyl (C=O) groups excluding carboxylic acids is 1. The average molecular weight is 247 g/mol. The predicted octanol–water partition coefficient (Wildman–Crippen LogP) is 2.22. The van der Waals surface area contributed by atoms with Crippen molar-refractivity contribution in [1.29, 1.82) is 0 Å². The predicted molar refractivity (Wildman–Crippen MR) is 55.6 cm³/mol. The molecule has 0 saturated heterocycles. The SMILES string of the molecule is CCNC(=O)COc1cccc(C(F)(F)F)c1. The third kappa shape index (κ3) is 4.34. The number of benzene rings is 1. The van der Waals surface area contributed by atoms with Crippen molar-refractivity contribution in [2.75, 3.05) is 13.2 Å². The first-order chi connectivity index (χ1) is 7.93. The normalized spacial score (nSPS) is 11.1. The van der Waals surface area contributed by atoms with E-state index in [1.165, 1.54) is 12.1 Å². The molecule has 94 valence electrons. The maximum Gasteiger partial charge on any atom is 0.416 e. The van der Waals surface area contributed by atoms with Crippen LogP contribution in [0.3, 0.4) is 0 Å². The third-order valence-electron chi connectivity index (χ3n) is 1.91. The first kappa shape index (κ1) is 13.3. The second-order valence-corrected chi connectivity index (χ2v) is 3.27. The number of nitrogens with one attached hydrogen (secondary N) is 1. The molecule has 1 amide bonds. The summed E-state index contributed by atoms with van der Waals surface area (Å²) in [4.78, 5) is 11.0. The standard InChI is InChI=1S/C11H12F3NO2/c1-2-15-10(16)7-17-9-5-3-4-8(6-9)11(12,13)14/h3-6H,2,7H2,1H3,(H,15,16). The van der Waals surface area contributed by atoms with Crippen LogP contribution in [0, 0.1) is 0 Å². The molecule has 0 radical (unpaired) electrons. The summed E-state index contributed by atoms with van der Waals surface area (Å²) < 4.78 is 42.0. The van der Waals surface area contributed by atoms with Crippen molar-refractivity contribution in [3.8, 4) is 5.75 Å². The van der Waals surface area contributed by atoms with E-state index in [0.29, 0.717) is 6.54 Å². The van der Waals surface area contributed by atoms with Crippen LogP contribution in [0.1, 0.15) is 12.5 Å². The average Bonchev–Trinajstić information content (AvgIpc) is 2.26. The van der Waals surface area contributed by atoms with Crippen LogP contribution < -0.4 is 10.1 Å². The fraction of sp³-hybridized carbons (Fsp3) is 0.364. The molecule has 1 aromatic carbocycles. The van der Waals surface area contributed by atoms with Gasteiger partial charge in [-0.15, -0.1) is 0 Å². The molecule has 0 unspecified atom stereocenters. The Morgan fingerprint density at radius 1 is 1.41 bits per heavy atom. The molecule has 0 bridgehead atoms. The first-order valence-corrected chi connectivity index (χ1v) is 5.00. The smallest absolute Gasteiger partial charge is 0.416 e. The minimum Gasteiger partial charge on any atom is -0.484 e. The molecule has 17 heavy (non-hydrogen) atoms. The lowest BCUT2D eigenvalue weighted by atomic mass is 10.2. The van der Waals surface area contributed by atoms with Gasteiger partial charge in [-0.1, -0.05) is 6.07 Å². The number of rotatable bonds is 4. The van der Waals surface area contributed by atoms with E-state index in [0.717, 1.165) is 12.1 Å². The highest BCUT2D eigenvalue weighted by Gasteiger charge is 2.30. The monoisotopic (exact) mass is 247 g/mol. The van der Waals surface area contributed by atoms with Gasteiger partial charge in [-0.25, -0.2) is 0 Å². The van der Waals surface area contributed by atoms with Crippen molar-refractivity contribution in [3.63, 3.8) is 0 Å².